The van der Waals surface area contributed by atoms with Gasteiger partial charge in [-0.1, -0.05) is 60.6 Å². The third-order valence-corrected chi connectivity index (χ3v) is 7.59. The summed E-state index contributed by atoms with van der Waals surface area (Å²) in [5.74, 6) is 0.0182. The molecule has 8 heteroatoms. The Morgan fingerprint density at radius 1 is 1.06 bits per heavy atom. The SMILES string of the molecule is CC[C@@H](C(=O)NC1CCCC1)N(Cc1ccc(Cl)c(Cl)c1)C(=O)CSc1ccc(Cl)cc1. The zero-order chi connectivity index (χ0) is 23.1. The molecule has 0 aliphatic heterocycles. The van der Waals surface area contributed by atoms with Crippen LogP contribution in [0.15, 0.2) is 47.4 Å². The fraction of sp³-hybridized carbons (Fsp3) is 0.417. The van der Waals surface area contributed by atoms with Gasteiger partial charge in [0.2, 0.25) is 11.8 Å². The van der Waals surface area contributed by atoms with Gasteiger partial charge in [-0.05, 0) is 61.2 Å². The maximum absolute atomic E-state index is 13.3. The number of rotatable bonds is 9. The molecule has 3 rings (SSSR count). The van der Waals surface area contributed by atoms with E-state index in [9.17, 15) is 9.59 Å². The Morgan fingerprint density at radius 2 is 1.75 bits per heavy atom. The molecule has 0 aromatic heterocycles. The van der Waals surface area contributed by atoms with Crippen LogP contribution in [0.1, 0.15) is 44.6 Å². The predicted molar refractivity (Wildman–Crippen MR) is 134 cm³/mol. The van der Waals surface area contributed by atoms with E-state index in [2.05, 4.69) is 5.32 Å². The van der Waals surface area contributed by atoms with Crippen molar-refractivity contribution in [2.24, 2.45) is 0 Å². The van der Waals surface area contributed by atoms with Crippen LogP contribution in [-0.2, 0) is 16.1 Å². The fourth-order valence-corrected chi connectivity index (χ4v) is 5.11. The summed E-state index contributed by atoms with van der Waals surface area (Å²) in [5.41, 5.74) is 0.830. The van der Waals surface area contributed by atoms with Gasteiger partial charge in [0.1, 0.15) is 6.04 Å². The lowest BCUT2D eigenvalue weighted by Gasteiger charge is -2.31. The molecule has 0 bridgehead atoms. The van der Waals surface area contributed by atoms with Gasteiger partial charge in [-0.15, -0.1) is 11.8 Å². The molecule has 1 fully saturated rings. The Balaban J connectivity index is 1.77. The molecule has 0 heterocycles. The smallest absolute Gasteiger partial charge is 0.243 e. The summed E-state index contributed by atoms with van der Waals surface area (Å²) in [6.07, 6.45) is 4.78. The Bertz CT molecular complexity index is 933. The van der Waals surface area contributed by atoms with Crippen LogP contribution >= 0.6 is 46.6 Å². The molecule has 1 N–H and O–H groups in total. The first-order valence-electron chi connectivity index (χ1n) is 10.8. The van der Waals surface area contributed by atoms with Crippen molar-refractivity contribution in [2.75, 3.05) is 5.75 Å². The zero-order valence-electron chi connectivity index (χ0n) is 18.0. The molecular weight excluding hydrogens is 487 g/mol. The van der Waals surface area contributed by atoms with E-state index in [0.717, 1.165) is 36.1 Å². The highest BCUT2D eigenvalue weighted by molar-refractivity contribution is 8.00. The Hall–Kier alpha value is -1.40. The van der Waals surface area contributed by atoms with Crippen LogP contribution in [-0.4, -0.2) is 34.6 Å². The highest BCUT2D eigenvalue weighted by Crippen LogP contribution is 2.26. The normalized spacial score (nSPS) is 14.9. The molecule has 0 spiro atoms. The van der Waals surface area contributed by atoms with Crippen LogP contribution in [0.4, 0.5) is 0 Å². The predicted octanol–water partition coefficient (Wildman–Crippen LogP) is 6.61. The summed E-state index contributed by atoms with van der Waals surface area (Å²) in [6.45, 7) is 2.22. The van der Waals surface area contributed by atoms with Crippen molar-refractivity contribution >= 4 is 58.4 Å². The Kier molecular flexibility index (Phi) is 9.60. The molecule has 172 valence electrons. The number of thioether (sulfide) groups is 1. The summed E-state index contributed by atoms with van der Waals surface area (Å²) >= 11 is 19.6. The van der Waals surface area contributed by atoms with E-state index in [1.807, 2.05) is 25.1 Å². The number of amides is 2. The number of benzene rings is 2. The van der Waals surface area contributed by atoms with Crippen molar-refractivity contribution in [3.05, 3.63) is 63.1 Å². The quantitative estimate of drug-likeness (QED) is 0.384. The van der Waals surface area contributed by atoms with Crippen molar-refractivity contribution in [1.29, 1.82) is 0 Å². The van der Waals surface area contributed by atoms with Gasteiger partial charge >= 0.3 is 0 Å². The molecule has 2 amide bonds. The second-order valence-corrected chi connectivity index (χ2v) is 10.2. The molecule has 1 atom stereocenters. The van der Waals surface area contributed by atoms with E-state index in [1.165, 1.54) is 11.8 Å². The lowest BCUT2D eigenvalue weighted by atomic mass is 10.1. The second-order valence-electron chi connectivity index (χ2n) is 7.93. The third-order valence-electron chi connectivity index (χ3n) is 5.60. The number of carbonyl (C=O) groups is 2. The standard InChI is InChI=1S/C24H27Cl3N2O2S/c1-2-22(24(31)28-18-5-3-4-6-18)29(14-16-7-12-20(26)21(27)13-16)23(30)15-32-19-10-8-17(25)9-11-19/h7-13,18,22H,2-6,14-15H2,1H3,(H,28,31)/t22-/m0/s1. The van der Waals surface area contributed by atoms with Gasteiger partial charge in [-0.3, -0.25) is 9.59 Å². The summed E-state index contributed by atoms with van der Waals surface area (Å²) in [6, 6.07) is 12.3. The van der Waals surface area contributed by atoms with E-state index >= 15 is 0 Å². The number of halogens is 3. The number of hydrogen-bond acceptors (Lipinski definition) is 3. The van der Waals surface area contributed by atoms with Crippen LogP contribution < -0.4 is 5.32 Å². The first-order chi connectivity index (χ1) is 15.4. The van der Waals surface area contributed by atoms with Crippen LogP contribution in [0.25, 0.3) is 0 Å². The molecule has 0 radical (unpaired) electrons. The first-order valence-corrected chi connectivity index (χ1v) is 12.9. The summed E-state index contributed by atoms with van der Waals surface area (Å²) in [4.78, 5) is 29.1. The Labute approximate surface area is 209 Å². The first kappa shape index (κ1) is 25.2. The highest BCUT2D eigenvalue weighted by Gasteiger charge is 2.30. The van der Waals surface area contributed by atoms with Crippen molar-refractivity contribution in [3.8, 4) is 0 Å². The molecular formula is C24H27Cl3N2O2S. The maximum Gasteiger partial charge on any atom is 0.243 e. The maximum atomic E-state index is 13.3. The summed E-state index contributed by atoms with van der Waals surface area (Å²) in [7, 11) is 0. The summed E-state index contributed by atoms with van der Waals surface area (Å²) in [5, 5.41) is 4.68. The molecule has 2 aromatic rings. The largest absolute Gasteiger partial charge is 0.352 e. The molecule has 32 heavy (non-hydrogen) atoms. The van der Waals surface area contributed by atoms with E-state index < -0.39 is 6.04 Å². The average Bonchev–Trinajstić information content (AvgIpc) is 3.28. The van der Waals surface area contributed by atoms with Gasteiger partial charge in [0.25, 0.3) is 0 Å². The van der Waals surface area contributed by atoms with Crippen LogP contribution in [0.3, 0.4) is 0 Å². The number of hydrogen-bond donors (Lipinski definition) is 1. The minimum absolute atomic E-state index is 0.0932. The van der Waals surface area contributed by atoms with Gasteiger partial charge in [-0.2, -0.15) is 0 Å². The third kappa shape index (κ3) is 7.05. The molecule has 2 aromatic carbocycles. The summed E-state index contributed by atoms with van der Waals surface area (Å²) < 4.78 is 0. The van der Waals surface area contributed by atoms with Gasteiger partial charge in [0.15, 0.2) is 0 Å². The average molecular weight is 514 g/mol. The van der Waals surface area contributed by atoms with Crippen molar-refractivity contribution < 1.29 is 9.59 Å². The van der Waals surface area contributed by atoms with Crippen LogP contribution in [0.2, 0.25) is 15.1 Å². The van der Waals surface area contributed by atoms with E-state index in [0.29, 0.717) is 21.5 Å². The highest BCUT2D eigenvalue weighted by atomic mass is 35.5. The number of carbonyl (C=O) groups excluding carboxylic acids is 2. The monoisotopic (exact) mass is 512 g/mol. The van der Waals surface area contributed by atoms with Gasteiger partial charge in [-0.25, -0.2) is 0 Å². The molecule has 0 saturated heterocycles. The van der Waals surface area contributed by atoms with Crippen LogP contribution in [0, 0.1) is 0 Å². The van der Waals surface area contributed by atoms with Crippen molar-refractivity contribution in [3.63, 3.8) is 0 Å². The molecule has 1 aliphatic carbocycles. The Morgan fingerprint density at radius 3 is 2.38 bits per heavy atom. The number of nitrogens with one attached hydrogen (secondary N) is 1. The topological polar surface area (TPSA) is 49.4 Å². The zero-order valence-corrected chi connectivity index (χ0v) is 21.0. The fourth-order valence-electron chi connectivity index (χ4n) is 3.88. The molecule has 1 aliphatic rings. The molecule has 1 saturated carbocycles. The van der Waals surface area contributed by atoms with Gasteiger partial charge in [0.05, 0.1) is 15.8 Å². The van der Waals surface area contributed by atoms with Crippen molar-refractivity contribution in [1.82, 2.24) is 10.2 Å². The van der Waals surface area contributed by atoms with Gasteiger partial charge in [0, 0.05) is 22.5 Å². The molecule has 4 nitrogen and oxygen atoms in total. The second kappa shape index (κ2) is 12.2. The van der Waals surface area contributed by atoms with E-state index in [-0.39, 0.29) is 30.2 Å². The van der Waals surface area contributed by atoms with Crippen molar-refractivity contribution in [2.45, 2.75) is 62.6 Å². The van der Waals surface area contributed by atoms with E-state index in [1.54, 1.807) is 29.2 Å². The minimum Gasteiger partial charge on any atom is -0.352 e. The molecule has 0 unspecified atom stereocenters. The van der Waals surface area contributed by atoms with Gasteiger partial charge < -0.3 is 10.2 Å². The van der Waals surface area contributed by atoms with Crippen LogP contribution in [0.5, 0.6) is 0 Å². The lowest BCUT2D eigenvalue weighted by Crippen LogP contribution is -2.51. The lowest BCUT2D eigenvalue weighted by molar-refractivity contribution is -0.139. The number of nitrogens with zero attached hydrogens (tertiary/aromatic N) is 1. The minimum atomic E-state index is -0.552. The van der Waals surface area contributed by atoms with E-state index in [4.69, 9.17) is 34.8 Å².